The molecule has 0 fully saturated rings. The van der Waals surface area contributed by atoms with Gasteiger partial charge in [0.15, 0.2) is 0 Å². The summed E-state index contributed by atoms with van der Waals surface area (Å²) in [5, 5.41) is 5.39. The molecule has 1 N–H and O–H groups in total. The molecule has 0 atom stereocenters. The number of aryl methyl sites for hydroxylation is 1. The third-order valence-electron chi connectivity index (χ3n) is 3.55. The van der Waals surface area contributed by atoms with Gasteiger partial charge >= 0.3 is 0 Å². The first-order valence-electron chi connectivity index (χ1n) is 7.14. The molecule has 1 aromatic heterocycles. The topological polar surface area (TPSA) is 28.2 Å². The first-order valence-corrected chi connectivity index (χ1v) is 7.14. The van der Waals surface area contributed by atoms with Gasteiger partial charge in [-0.05, 0) is 31.2 Å². The number of halogens is 1. The van der Waals surface area contributed by atoms with E-state index in [-0.39, 0.29) is 5.82 Å². The molecule has 112 valence electrons. The van der Waals surface area contributed by atoms with Crippen molar-refractivity contribution in [3.05, 3.63) is 60.0 Å². The van der Waals surface area contributed by atoms with Gasteiger partial charge < -0.3 is 10.2 Å². The van der Waals surface area contributed by atoms with Crippen LogP contribution < -0.4 is 10.2 Å². The Bertz CT molecular complexity index is 828. The molecule has 3 aromatic rings. The van der Waals surface area contributed by atoms with Crippen LogP contribution >= 0.6 is 0 Å². The lowest BCUT2D eigenvalue weighted by molar-refractivity contribution is 0.628. The van der Waals surface area contributed by atoms with Gasteiger partial charge in [0.2, 0.25) is 0 Å². The van der Waals surface area contributed by atoms with Crippen molar-refractivity contribution >= 4 is 28.0 Å². The van der Waals surface area contributed by atoms with Crippen molar-refractivity contribution < 1.29 is 4.39 Å². The van der Waals surface area contributed by atoms with Crippen LogP contribution in [0.25, 0.3) is 10.8 Å². The van der Waals surface area contributed by atoms with Gasteiger partial charge in [0, 0.05) is 30.6 Å². The second-order valence-corrected chi connectivity index (χ2v) is 5.57. The molecule has 0 bridgehead atoms. The molecule has 0 aliphatic heterocycles. The molecule has 3 nitrogen and oxygen atoms in total. The largest absolute Gasteiger partial charge is 0.362 e. The molecule has 4 heteroatoms. The van der Waals surface area contributed by atoms with Crippen LogP contribution in [0.4, 0.5) is 21.6 Å². The average molecular weight is 295 g/mol. The van der Waals surface area contributed by atoms with Gasteiger partial charge in [-0.2, -0.15) is 0 Å². The summed E-state index contributed by atoms with van der Waals surface area (Å²) in [4.78, 5) is 6.53. The van der Waals surface area contributed by atoms with Gasteiger partial charge in [-0.15, -0.1) is 0 Å². The Kier molecular flexibility index (Phi) is 3.67. The summed E-state index contributed by atoms with van der Waals surface area (Å²) in [7, 11) is 3.95. The van der Waals surface area contributed by atoms with Crippen LogP contribution in [0.1, 0.15) is 5.56 Å². The molecule has 0 aliphatic carbocycles. The van der Waals surface area contributed by atoms with Gasteiger partial charge in [0.05, 0.1) is 11.9 Å². The van der Waals surface area contributed by atoms with Crippen molar-refractivity contribution in [1.82, 2.24) is 4.98 Å². The minimum Gasteiger partial charge on any atom is -0.362 e. The molecule has 0 radical (unpaired) electrons. The highest BCUT2D eigenvalue weighted by Crippen LogP contribution is 2.31. The van der Waals surface area contributed by atoms with E-state index in [9.17, 15) is 4.39 Å². The van der Waals surface area contributed by atoms with Crippen molar-refractivity contribution in [3.8, 4) is 0 Å². The number of aromatic nitrogens is 1. The third-order valence-corrected chi connectivity index (χ3v) is 3.55. The number of benzene rings is 2. The number of rotatable bonds is 3. The first kappa shape index (κ1) is 14.3. The van der Waals surface area contributed by atoms with Gasteiger partial charge in [-0.3, -0.25) is 0 Å². The van der Waals surface area contributed by atoms with Gasteiger partial charge in [-0.25, -0.2) is 9.37 Å². The lowest BCUT2D eigenvalue weighted by Crippen LogP contribution is -2.11. The summed E-state index contributed by atoms with van der Waals surface area (Å²) in [5.41, 5.74) is 2.76. The van der Waals surface area contributed by atoms with Crippen LogP contribution in [0.3, 0.4) is 0 Å². The molecule has 0 saturated heterocycles. The van der Waals surface area contributed by atoms with Gasteiger partial charge in [0.1, 0.15) is 11.6 Å². The Morgan fingerprint density at radius 1 is 1.05 bits per heavy atom. The summed E-state index contributed by atoms with van der Waals surface area (Å²) < 4.78 is 13.3. The fraction of sp³-hybridized carbons (Fsp3) is 0.167. The van der Waals surface area contributed by atoms with E-state index >= 15 is 0 Å². The van der Waals surface area contributed by atoms with Crippen LogP contribution in [-0.4, -0.2) is 19.1 Å². The molecule has 2 aromatic carbocycles. The second kappa shape index (κ2) is 5.64. The number of hydrogen-bond donors (Lipinski definition) is 1. The molecule has 0 unspecified atom stereocenters. The maximum atomic E-state index is 13.3. The predicted molar refractivity (Wildman–Crippen MR) is 90.5 cm³/mol. The molecule has 1 heterocycles. The summed E-state index contributed by atoms with van der Waals surface area (Å²) in [6.07, 6.45) is 1.79. The average Bonchev–Trinajstić information content (AvgIpc) is 2.46. The van der Waals surface area contributed by atoms with Gasteiger partial charge in [-0.1, -0.05) is 23.8 Å². The zero-order chi connectivity index (χ0) is 15.7. The molecule has 22 heavy (non-hydrogen) atoms. The lowest BCUT2D eigenvalue weighted by atomic mass is 10.1. The zero-order valence-corrected chi connectivity index (χ0v) is 12.9. The number of nitrogens with zero attached hydrogens (tertiary/aromatic N) is 2. The maximum Gasteiger partial charge on any atom is 0.136 e. The number of anilines is 3. The van der Waals surface area contributed by atoms with Crippen LogP contribution in [0.5, 0.6) is 0 Å². The smallest absolute Gasteiger partial charge is 0.136 e. The van der Waals surface area contributed by atoms with E-state index in [2.05, 4.69) is 35.4 Å². The fourth-order valence-electron chi connectivity index (χ4n) is 2.52. The van der Waals surface area contributed by atoms with E-state index in [0.717, 1.165) is 22.3 Å². The van der Waals surface area contributed by atoms with Crippen molar-refractivity contribution in [2.45, 2.75) is 6.92 Å². The summed E-state index contributed by atoms with van der Waals surface area (Å²) in [6, 6.07) is 12.7. The molecular formula is C18H18FN3. The highest BCUT2D eigenvalue weighted by atomic mass is 19.1. The van der Waals surface area contributed by atoms with Crippen molar-refractivity contribution in [1.29, 1.82) is 0 Å². The highest BCUT2D eigenvalue weighted by Gasteiger charge is 2.10. The normalized spacial score (nSPS) is 10.7. The molecule has 0 spiro atoms. The number of hydrogen-bond acceptors (Lipinski definition) is 3. The van der Waals surface area contributed by atoms with Crippen LogP contribution in [0.2, 0.25) is 0 Å². The van der Waals surface area contributed by atoms with Gasteiger partial charge in [0.25, 0.3) is 0 Å². The van der Waals surface area contributed by atoms with E-state index < -0.39 is 0 Å². The Morgan fingerprint density at radius 2 is 1.86 bits per heavy atom. The van der Waals surface area contributed by atoms with Crippen LogP contribution in [0, 0.1) is 12.7 Å². The number of fused-ring (bicyclic) bond motifs is 1. The van der Waals surface area contributed by atoms with E-state index in [4.69, 9.17) is 0 Å². The minimum absolute atomic E-state index is 0.261. The zero-order valence-electron chi connectivity index (χ0n) is 12.9. The highest BCUT2D eigenvalue weighted by molar-refractivity contribution is 6.01. The van der Waals surface area contributed by atoms with E-state index in [1.165, 1.54) is 17.7 Å². The van der Waals surface area contributed by atoms with Crippen molar-refractivity contribution in [2.24, 2.45) is 0 Å². The Balaban J connectivity index is 2.13. The summed E-state index contributed by atoms with van der Waals surface area (Å²) >= 11 is 0. The van der Waals surface area contributed by atoms with Crippen molar-refractivity contribution in [2.75, 3.05) is 24.3 Å². The first-order chi connectivity index (χ1) is 10.5. The standard InChI is InChI=1S/C18H18FN3/c1-12-7-8-15-16(9-12)18(22(2)3)20-11-17(15)21-14-6-4-5-13(19)10-14/h4-11,21H,1-3H3. The molecular weight excluding hydrogens is 277 g/mol. The lowest BCUT2D eigenvalue weighted by Gasteiger charge is -2.17. The van der Waals surface area contributed by atoms with E-state index in [1.807, 2.05) is 25.1 Å². The SMILES string of the molecule is Cc1ccc2c(Nc3cccc(F)c3)cnc(N(C)C)c2c1. The molecule has 0 aliphatic rings. The Morgan fingerprint density at radius 3 is 2.59 bits per heavy atom. The minimum atomic E-state index is -0.261. The molecule has 0 saturated carbocycles. The predicted octanol–water partition coefficient (Wildman–Crippen LogP) is 4.49. The van der Waals surface area contributed by atoms with Crippen molar-refractivity contribution in [3.63, 3.8) is 0 Å². The monoisotopic (exact) mass is 295 g/mol. The van der Waals surface area contributed by atoms with Crippen LogP contribution in [-0.2, 0) is 0 Å². The summed E-state index contributed by atoms with van der Waals surface area (Å²) in [6.45, 7) is 2.06. The Hall–Kier alpha value is -2.62. The molecule has 0 amide bonds. The summed E-state index contributed by atoms with van der Waals surface area (Å²) in [5.74, 6) is 0.659. The Labute approximate surface area is 129 Å². The van der Waals surface area contributed by atoms with Crippen LogP contribution in [0.15, 0.2) is 48.7 Å². The van der Waals surface area contributed by atoms with E-state index in [1.54, 1.807) is 12.3 Å². The molecule has 3 rings (SSSR count). The maximum absolute atomic E-state index is 13.3. The number of nitrogens with one attached hydrogen (secondary N) is 1. The second-order valence-electron chi connectivity index (χ2n) is 5.57. The fourth-order valence-corrected chi connectivity index (χ4v) is 2.52. The number of pyridine rings is 1. The van der Waals surface area contributed by atoms with E-state index in [0.29, 0.717) is 5.69 Å². The third kappa shape index (κ3) is 2.72. The quantitative estimate of drug-likeness (QED) is 0.771.